The molecule has 0 saturated heterocycles. The van der Waals surface area contributed by atoms with Crippen LogP contribution in [-0.4, -0.2) is 180 Å². The number of alkyl carbamates (subject to hydrolysis) is 2. The molecular weight excluding hydrogens is 2370 g/mol. The summed E-state index contributed by atoms with van der Waals surface area (Å²) in [5.74, 6) is -5.27. The van der Waals surface area contributed by atoms with Crippen LogP contribution in [0.3, 0.4) is 0 Å². The van der Waals surface area contributed by atoms with Crippen LogP contribution in [0.1, 0.15) is 208 Å². The molecule has 0 saturated carbocycles. The summed E-state index contributed by atoms with van der Waals surface area (Å²) in [5, 5.41) is 56.8. The fourth-order valence-corrected chi connectivity index (χ4v) is 18.1. The number of halogens is 8. The van der Waals surface area contributed by atoms with Gasteiger partial charge in [0, 0.05) is 24.2 Å². The molecule has 0 radical (unpaired) electrons. The molecule has 0 spiro atoms. The Morgan fingerprint density at radius 3 is 1.12 bits per heavy atom. The largest absolute Gasteiger partial charge is 0.491 e. The molecule has 22 N–H and O–H groups in total. The van der Waals surface area contributed by atoms with Gasteiger partial charge in [-0.05, 0) is 285 Å². The number of nitrogens with two attached hydrogens (primary N) is 5. The van der Waals surface area contributed by atoms with Crippen LogP contribution in [0.5, 0.6) is 0 Å². The molecule has 2 atom stereocenters. The van der Waals surface area contributed by atoms with Crippen molar-refractivity contribution in [2.45, 2.75) is 179 Å². The summed E-state index contributed by atoms with van der Waals surface area (Å²) in [7, 11) is 0.853. The third kappa shape index (κ3) is 51.9. The van der Waals surface area contributed by atoms with Gasteiger partial charge in [-0.15, -0.1) is 79.4 Å². The number of fused-ring (bicyclic) bond motifs is 1. The predicted molar refractivity (Wildman–Crippen MR) is 548 cm³/mol. The first-order valence-corrected chi connectivity index (χ1v) is 49.4. The number of nitrogens with one attached hydrogen (secondary N) is 7. The van der Waals surface area contributed by atoms with Gasteiger partial charge in [-0.2, -0.15) is 0 Å². The van der Waals surface area contributed by atoms with E-state index in [0.29, 0.717) is 75.3 Å². The molecule has 56 heteroatoms. The van der Waals surface area contributed by atoms with Crippen LogP contribution in [0.4, 0.5) is 62.5 Å². The number of carbonyl (C=O) groups is 13. The predicted octanol–water partition coefficient (Wildman–Crippen LogP) is 18.6. The number of pyridine rings is 1. The highest BCUT2D eigenvalue weighted by molar-refractivity contribution is 9.12. The minimum absolute atomic E-state index is 0.0581. The molecule has 9 aromatic heterocycles. The zero-order valence-corrected chi connectivity index (χ0v) is 93.1. The van der Waals surface area contributed by atoms with Gasteiger partial charge in [-0.3, -0.25) is 49.7 Å². The lowest BCUT2D eigenvalue weighted by molar-refractivity contribution is -0.139. The number of aliphatic hydroxyl groups excluding tert-OH is 1. The number of thiophene rings is 7. The first-order chi connectivity index (χ1) is 61.8. The van der Waals surface area contributed by atoms with E-state index in [9.17, 15) is 71.5 Å². The smallest absolute Gasteiger partial charge is 0.480 e. The number of aromatic amines is 1. The second-order valence-electron chi connectivity index (χ2n) is 31.1. The van der Waals surface area contributed by atoms with Gasteiger partial charge >= 0.3 is 61.5 Å². The lowest BCUT2D eigenvalue weighted by atomic mass is 9.81. The Morgan fingerprint density at radius 2 is 0.800 bits per heavy atom. The van der Waals surface area contributed by atoms with Crippen LogP contribution < -0.4 is 71.6 Å². The van der Waals surface area contributed by atoms with E-state index >= 15 is 0 Å². The number of amides is 9. The van der Waals surface area contributed by atoms with Crippen molar-refractivity contribution in [1.29, 1.82) is 0 Å². The topological polar surface area (TPSA) is 649 Å². The van der Waals surface area contributed by atoms with Crippen LogP contribution >= 0.6 is 191 Å². The molecule has 0 fully saturated rings. The van der Waals surface area contributed by atoms with Gasteiger partial charge in [0.15, 0.2) is 0 Å². The van der Waals surface area contributed by atoms with Crippen molar-refractivity contribution in [1.82, 2.24) is 25.6 Å². The van der Waals surface area contributed by atoms with Crippen molar-refractivity contribution in [2.75, 3.05) is 53.6 Å². The van der Waals surface area contributed by atoms with Gasteiger partial charge < -0.3 is 108 Å². The SMILES string of the molecule is CC(C)(C)OC(=O)Nc1cc(Br)sc1C(=O)O.CC(C)(C)OC(=O)Nc1cc(Br)sc1C(N)=O.CC(C)C(=O)Nc1cc(Br)sc1C(N)=O.CCO.COC(=O)c1sc(Br)cc1N.COC(=O)c1sc(Br)cc1NC(=O)OC(C)(C)C.C[C@H](NC(=O)OC(C)(C)C)C(=O)O.C[C@H](NC(=O)OC(C)(C)C)c1nc2cc(Br)sc2c(=O)[nH]1.NC(=O)c1sc(Br)cc1N.OB(O)c1ccncc1F. The maximum absolute atomic E-state index is 12.5. The fraction of sp³-hybridized carbons (Fsp3) is 0.392. The summed E-state index contributed by atoms with van der Waals surface area (Å²) < 4.78 is 52.7. The van der Waals surface area contributed by atoms with Crippen LogP contribution in [-0.2, 0) is 42.7 Å². The summed E-state index contributed by atoms with van der Waals surface area (Å²) in [4.78, 5) is 169. The quantitative estimate of drug-likeness (QED) is 0.0243. The number of aliphatic hydroxyl groups is 1. The molecule has 9 amide bonds. The normalized spacial score (nSPS) is 11.1. The molecule has 0 aliphatic heterocycles. The molecule has 0 aromatic carbocycles. The molecule has 9 aromatic rings. The summed E-state index contributed by atoms with van der Waals surface area (Å²) in [5.41, 5.74) is 25.8. The van der Waals surface area contributed by atoms with Crippen LogP contribution in [0.25, 0.3) is 10.2 Å². The number of aromatic nitrogens is 3. The van der Waals surface area contributed by atoms with E-state index in [1.807, 2.05) is 0 Å². The number of hydrogen-bond acceptors (Lipinski definition) is 35. The number of nitrogen functional groups attached to an aromatic ring is 2. The number of primary amides is 3. The number of aliphatic carboxylic acids is 1. The Kier molecular flexibility index (Phi) is 54.9. The van der Waals surface area contributed by atoms with Gasteiger partial charge in [-0.25, -0.2) is 47.7 Å². The van der Waals surface area contributed by atoms with Crippen LogP contribution in [0, 0.1) is 11.7 Å². The third-order valence-electron chi connectivity index (χ3n) is 13.3. The van der Waals surface area contributed by atoms with E-state index < -0.39 is 125 Å². The number of carboxylic acid groups (broad SMARTS) is 2. The van der Waals surface area contributed by atoms with Crippen LogP contribution in [0.2, 0.25) is 0 Å². The molecule has 9 heterocycles. The van der Waals surface area contributed by atoms with Crippen molar-refractivity contribution >= 4 is 326 Å². The average Bonchev–Trinajstić information content (AvgIpc) is 1.68. The number of methoxy groups -OCH3 is 2. The van der Waals surface area contributed by atoms with Gasteiger partial charge in [0.2, 0.25) is 5.91 Å². The standard InChI is InChI=1S/C13H16BrN3O3S.C11H14BrNO4S.C10H13BrN2O3S.C10H12BrNO4S.C9H11BrN2O2S.C8H15NO4.C6H6BrNO2S.C5H5BFNO2.C5H5BrN2OS.C2H6O/c1-6(15-12(19)20-13(2,3)4)10-16-7-5-8(14)21-9(7)11(18)17-10;1-11(2,3)17-10(15)13-6-5-7(12)18-8(6)9(14)16-4;1-10(2,3)16-9(15)13-5-4-6(11)17-7(5)8(12)14;1-10(2,3)16-9(15)12-5-4-6(11)17-7(5)8(13)14;1-4(2)9(14)12-5-3-6(10)15-7(5)8(11)13;1-5(6(10)11)9-7(12)13-8(2,3)4;1-10-6(9)5-3(8)2-4(7)11-5;7-5-3-8-2-1-4(5)6(9)10;6-3-1-2(7)4(10-3)5(8)9;1-2-3/h5-6H,1-4H3,(H,15,19)(H,16,17,18);5H,1-4H3,(H,13,15);4H,1-3H3,(H2,12,14)(H,13,15);4H,1-3H3,(H,12,15)(H,13,14);3-4H,1-2H3,(H2,11,13)(H,12,14);5H,1-4H3,(H,9,12)(H,10,11);2H,8H2,1H3;1-3,9-10H;1H,7H2,(H2,8,9);3H,2H2,1H3/t6-;;;;;5-;;;;/m0....0..../s1. The second kappa shape index (κ2) is 58.8. The molecular formula is C79H103BBr7FN14O26S7. The second-order valence-corrected chi connectivity index (χ2v) is 48.1. The molecule has 135 heavy (non-hydrogen) atoms. The first-order valence-electron chi connectivity index (χ1n) is 38.1. The third-order valence-corrected chi connectivity index (χ3v) is 24.7. The number of carbonyl (C=O) groups excluding carboxylic acids is 11. The van der Waals surface area contributed by atoms with Crippen molar-refractivity contribution in [3.05, 3.63) is 139 Å². The molecule has 746 valence electrons. The number of hydrogen-bond donors (Lipinski definition) is 17. The van der Waals surface area contributed by atoms with E-state index in [2.05, 4.69) is 168 Å². The zero-order chi connectivity index (χ0) is 105. The maximum Gasteiger partial charge on any atom is 0.491 e. The summed E-state index contributed by atoms with van der Waals surface area (Å²) in [6.45, 7) is 34.8. The van der Waals surface area contributed by atoms with Crippen molar-refractivity contribution in [2.24, 2.45) is 23.1 Å². The van der Waals surface area contributed by atoms with Gasteiger partial charge in [-0.1, -0.05) is 13.8 Å². The minimum atomic E-state index is -1.76. The van der Waals surface area contributed by atoms with Crippen molar-refractivity contribution in [3.8, 4) is 0 Å². The molecule has 0 aliphatic carbocycles. The van der Waals surface area contributed by atoms with Gasteiger partial charge in [0.25, 0.3) is 23.3 Å². The number of aromatic carboxylic acids is 1. The van der Waals surface area contributed by atoms with Gasteiger partial charge in [0.05, 0.1) is 92.6 Å². The average molecular weight is 2480 g/mol. The summed E-state index contributed by atoms with van der Waals surface area (Å²) in [6, 6.07) is 11.4. The highest BCUT2D eigenvalue weighted by atomic mass is 79.9. The maximum atomic E-state index is 12.5. The van der Waals surface area contributed by atoms with E-state index in [0.717, 1.165) is 44.0 Å². The number of nitrogens with zero attached hydrogens (tertiary/aromatic N) is 2. The Hall–Kier alpha value is -8.87. The number of H-pyrrole nitrogens is 1. The Labute approximate surface area is 862 Å². The first kappa shape index (κ1) is 126. The van der Waals surface area contributed by atoms with E-state index in [4.69, 9.17) is 77.7 Å². The molecule has 0 bridgehead atoms. The van der Waals surface area contributed by atoms with E-state index in [1.54, 1.807) is 168 Å². The number of esters is 2. The Bertz CT molecular complexity index is 5510. The number of rotatable bonds is 16. The monoisotopic (exact) mass is 2470 g/mol. The molecule has 40 nitrogen and oxygen atoms in total. The van der Waals surface area contributed by atoms with Crippen molar-refractivity contribution in [3.63, 3.8) is 0 Å². The van der Waals surface area contributed by atoms with E-state index in [-0.39, 0.29) is 44.9 Å². The summed E-state index contributed by atoms with van der Waals surface area (Å²) >= 11 is 31.0. The number of ether oxygens (including phenoxy) is 7. The lowest BCUT2D eigenvalue weighted by Gasteiger charge is -2.21. The summed E-state index contributed by atoms with van der Waals surface area (Å²) in [6.07, 6.45) is -0.965. The van der Waals surface area contributed by atoms with Gasteiger partial charge in [0.1, 0.15) is 79.7 Å². The molecule has 0 aliphatic rings. The highest BCUT2D eigenvalue weighted by Gasteiger charge is 2.28. The Morgan fingerprint density at radius 1 is 0.481 bits per heavy atom. The lowest BCUT2D eigenvalue weighted by Crippen LogP contribution is -2.41. The van der Waals surface area contributed by atoms with E-state index in [1.165, 1.54) is 96.2 Å². The Balaban J connectivity index is 0.00000150. The highest BCUT2D eigenvalue weighted by Crippen LogP contribution is 2.37. The molecule has 0 unspecified atom stereocenters. The number of anilines is 6. The van der Waals surface area contributed by atoms with Crippen LogP contribution in [0.15, 0.2) is 92.2 Å². The molecule has 9 rings (SSSR count). The zero-order valence-electron chi connectivity index (χ0n) is 76.3. The minimum Gasteiger partial charge on any atom is -0.480 e. The fourth-order valence-electron chi connectivity index (χ4n) is 8.12. The number of carboxylic acids is 2. The van der Waals surface area contributed by atoms with Crippen molar-refractivity contribution < 1.29 is 125 Å².